The molecule has 1 aromatic carbocycles. The predicted octanol–water partition coefficient (Wildman–Crippen LogP) is 3.58. The van der Waals surface area contributed by atoms with E-state index in [4.69, 9.17) is 4.42 Å². The van der Waals surface area contributed by atoms with Crippen LogP contribution < -0.4 is 9.47 Å². The Morgan fingerprint density at radius 1 is 0.950 bits per heavy atom. The Morgan fingerprint density at radius 3 is 2.45 bits per heavy atom. The number of hydrogen-bond acceptors (Lipinski definition) is 4. The highest BCUT2D eigenvalue weighted by molar-refractivity contribution is 5.73. The minimum Gasteiger partial charge on any atom is -0.454 e. The number of fused-ring (bicyclic) bond motifs is 1. The van der Waals surface area contributed by atoms with Gasteiger partial charge in [0.05, 0.1) is 0 Å². The van der Waals surface area contributed by atoms with Crippen LogP contribution in [0.4, 0.5) is 8.78 Å². The van der Waals surface area contributed by atoms with Gasteiger partial charge in [0.2, 0.25) is 0 Å². The first-order chi connectivity index (χ1) is 9.55. The minimum absolute atomic E-state index is 0.00612. The molecule has 0 N–H and O–H groups in total. The zero-order valence-corrected chi connectivity index (χ0v) is 10.0. The molecule has 6 heteroatoms. The van der Waals surface area contributed by atoms with E-state index in [1.165, 1.54) is 18.2 Å². The average molecular weight is 278 g/mol. The molecule has 0 atom stereocenters. The molecule has 0 aliphatic carbocycles. The molecule has 0 saturated heterocycles. The topological polar surface area (TPSA) is 48.7 Å². The van der Waals surface area contributed by atoms with Gasteiger partial charge < -0.3 is 13.9 Å². The fourth-order valence-corrected chi connectivity index (χ4v) is 1.77. The maximum atomic E-state index is 12.9. The quantitative estimate of drug-likeness (QED) is 0.805. The average Bonchev–Trinajstić information content (AvgIpc) is 2.97. The lowest BCUT2D eigenvalue weighted by Crippen LogP contribution is -2.25. The normalized spacial score (nSPS) is 15.7. The van der Waals surface area contributed by atoms with Gasteiger partial charge in [-0.15, -0.1) is 8.78 Å². The Hall–Kier alpha value is -2.63. The highest BCUT2D eigenvalue weighted by Gasteiger charge is 2.43. The summed E-state index contributed by atoms with van der Waals surface area (Å²) in [7, 11) is 0. The van der Waals surface area contributed by atoms with Crippen LogP contribution in [0.5, 0.6) is 11.5 Å². The van der Waals surface area contributed by atoms with Crippen LogP contribution in [0.3, 0.4) is 0 Å². The number of carbonyl (C=O) groups excluding carboxylic acids is 1. The Labute approximate surface area is 112 Å². The second kappa shape index (κ2) is 4.48. The zero-order valence-electron chi connectivity index (χ0n) is 10.0. The zero-order chi connectivity index (χ0) is 14.2. The molecule has 3 rings (SSSR count). The lowest BCUT2D eigenvalue weighted by Gasteiger charge is -2.04. The third-order valence-electron chi connectivity index (χ3n) is 2.63. The summed E-state index contributed by atoms with van der Waals surface area (Å²) in [5.41, 5.74) is 0.633. The molecule has 0 amide bonds. The minimum atomic E-state index is -3.62. The van der Waals surface area contributed by atoms with Crippen LogP contribution in [-0.2, 0) is 0 Å². The van der Waals surface area contributed by atoms with Crippen LogP contribution in [0.1, 0.15) is 21.9 Å². The van der Waals surface area contributed by atoms with Gasteiger partial charge in [0.1, 0.15) is 5.76 Å². The molecule has 20 heavy (non-hydrogen) atoms. The Kier molecular flexibility index (Phi) is 2.78. The van der Waals surface area contributed by atoms with Gasteiger partial charge in [-0.25, -0.2) is 0 Å². The predicted molar refractivity (Wildman–Crippen MR) is 65.7 cm³/mol. The van der Waals surface area contributed by atoms with Crippen molar-refractivity contribution in [2.24, 2.45) is 0 Å². The standard InChI is InChI=1S/C14H8F2O4/c15-14(16)19-12-6-2-9(7-13(12)20-14)1-3-10-4-5-11(8-17)18-10/h1-8H/b3-1+. The van der Waals surface area contributed by atoms with Crippen molar-refractivity contribution in [3.8, 4) is 11.5 Å². The van der Waals surface area contributed by atoms with Crippen LogP contribution in [0.25, 0.3) is 12.2 Å². The SMILES string of the molecule is O=Cc1ccc(/C=C/c2ccc3c(c2)OC(F)(F)O3)o1. The third kappa shape index (κ3) is 2.40. The summed E-state index contributed by atoms with van der Waals surface area (Å²) < 4.78 is 39.5. The summed E-state index contributed by atoms with van der Waals surface area (Å²) >= 11 is 0. The van der Waals surface area contributed by atoms with Crippen molar-refractivity contribution >= 4 is 18.4 Å². The molecule has 102 valence electrons. The smallest absolute Gasteiger partial charge is 0.454 e. The number of rotatable bonds is 3. The van der Waals surface area contributed by atoms with Gasteiger partial charge in [0.25, 0.3) is 0 Å². The number of benzene rings is 1. The molecular weight excluding hydrogens is 270 g/mol. The lowest BCUT2D eigenvalue weighted by molar-refractivity contribution is -0.286. The van der Waals surface area contributed by atoms with Crippen LogP contribution >= 0.6 is 0 Å². The molecule has 1 aliphatic heterocycles. The second-order valence-corrected chi connectivity index (χ2v) is 4.06. The molecule has 0 fully saturated rings. The molecule has 0 radical (unpaired) electrons. The van der Waals surface area contributed by atoms with E-state index < -0.39 is 6.29 Å². The van der Waals surface area contributed by atoms with E-state index in [-0.39, 0.29) is 17.3 Å². The summed E-state index contributed by atoms with van der Waals surface area (Å²) in [5.74, 6) is 0.670. The molecule has 0 spiro atoms. The number of ether oxygens (including phenoxy) is 2. The van der Waals surface area contributed by atoms with Gasteiger partial charge in [-0.3, -0.25) is 4.79 Å². The van der Waals surface area contributed by atoms with Gasteiger partial charge in [-0.1, -0.05) is 12.1 Å². The number of halogens is 2. The monoisotopic (exact) mass is 278 g/mol. The Balaban J connectivity index is 1.81. The van der Waals surface area contributed by atoms with Crippen LogP contribution in [-0.4, -0.2) is 12.6 Å². The summed E-state index contributed by atoms with van der Waals surface area (Å²) in [6.07, 6.45) is 0.237. The molecule has 2 heterocycles. The lowest BCUT2D eigenvalue weighted by atomic mass is 10.2. The first-order valence-corrected chi connectivity index (χ1v) is 5.69. The highest BCUT2D eigenvalue weighted by Crippen LogP contribution is 2.41. The molecule has 1 aliphatic rings. The summed E-state index contributed by atoms with van der Waals surface area (Å²) in [4.78, 5) is 10.5. The molecule has 2 aromatic rings. The van der Waals surface area contributed by atoms with Crippen molar-refractivity contribution < 1.29 is 27.5 Å². The van der Waals surface area contributed by atoms with Gasteiger partial charge in [0.15, 0.2) is 23.5 Å². The summed E-state index contributed by atoms with van der Waals surface area (Å²) in [6.45, 7) is 0. The molecule has 0 bridgehead atoms. The van der Waals surface area contributed by atoms with E-state index >= 15 is 0 Å². The number of alkyl halides is 2. The van der Waals surface area contributed by atoms with Gasteiger partial charge in [0, 0.05) is 0 Å². The first kappa shape index (κ1) is 12.4. The third-order valence-corrected chi connectivity index (χ3v) is 2.63. The fourth-order valence-electron chi connectivity index (χ4n) is 1.77. The van der Waals surface area contributed by atoms with E-state index in [1.807, 2.05) is 0 Å². The maximum Gasteiger partial charge on any atom is 0.586 e. The van der Waals surface area contributed by atoms with Crippen LogP contribution in [0.2, 0.25) is 0 Å². The van der Waals surface area contributed by atoms with E-state index in [0.717, 1.165) is 0 Å². The van der Waals surface area contributed by atoms with E-state index in [2.05, 4.69) is 9.47 Å². The largest absolute Gasteiger partial charge is 0.586 e. The number of carbonyl (C=O) groups is 1. The Bertz CT molecular complexity index is 688. The van der Waals surface area contributed by atoms with Crippen molar-refractivity contribution in [1.82, 2.24) is 0 Å². The van der Waals surface area contributed by atoms with Crippen molar-refractivity contribution in [2.75, 3.05) is 0 Å². The van der Waals surface area contributed by atoms with Crippen LogP contribution in [0, 0.1) is 0 Å². The summed E-state index contributed by atoms with van der Waals surface area (Å²) in [5, 5.41) is 0. The molecule has 0 saturated carbocycles. The van der Waals surface area contributed by atoms with E-state index in [0.29, 0.717) is 17.6 Å². The van der Waals surface area contributed by atoms with Gasteiger partial charge >= 0.3 is 6.29 Å². The second-order valence-electron chi connectivity index (χ2n) is 4.06. The van der Waals surface area contributed by atoms with Gasteiger partial charge in [-0.2, -0.15) is 0 Å². The number of furan rings is 1. The van der Waals surface area contributed by atoms with Crippen LogP contribution in [0.15, 0.2) is 34.7 Å². The molecule has 1 aromatic heterocycles. The molecule has 4 nitrogen and oxygen atoms in total. The summed E-state index contributed by atoms with van der Waals surface area (Å²) in [6, 6.07) is 7.59. The van der Waals surface area contributed by atoms with Crippen molar-refractivity contribution in [3.05, 3.63) is 47.4 Å². The number of hydrogen-bond donors (Lipinski definition) is 0. The Morgan fingerprint density at radius 2 is 1.70 bits per heavy atom. The highest BCUT2D eigenvalue weighted by atomic mass is 19.3. The van der Waals surface area contributed by atoms with Gasteiger partial charge in [-0.05, 0) is 35.9 Å². The first-order valence-electron chi connectivity index (χ1n) is 5.69. The van der Waals surface area contributed by atoms with Crippen molar-refractivity contribution in [3.63, 3.8) is 0 Å². The van der Waals surface area contributed by atoms with Crippen molar-refractivity contribution in [2.45, 2.75) is 6.29 Å². The maximum absolute atomic E-state index is 12.9. The fraction of sp³-hybridized carbons (Fsp3) is 0.0714. The molecule has 0 unspecified atom stereocenters. The molecular formula is C14H8F2O4. The van der Waals surface area contributed by atoms with E-state index in [1.54, 1.807) is 24.3 Å². The van der Waals surface area contributed by atoms with Crippen molar-refractivity contribution in [1.29, 1.82) is 0 Å². The number of aldehydes is 1. The van der Waals surface area contributed by atoms with E-state index in [9.17, 15) is 13.6 Å².